The van der Waals surface area contributed by atoms with E-state index >= 15 is 0 Å². The first-order valence-electron chi connectivity index (χ1n) is 9.81. The topological polar surface area (TPSA) is 53.2 Å². The maximum Gasteiger partial charge on any atom is 0.399 e. The highest BCUT2D eigenvalue weighted by atomic mass is 79.9. The van der Waals surface area contributed by atoms with Crippen molar-refractivity contribution in [2.75, 3.05) is 19.6 Å². The molecule has 0 spiro atoms. The standard InChI is InChI=1S/C22H21Br3F3N3OS/c1-2-29-21(33)31-8-7-30-20(32)17-5-3-13(9-19(17)25)4-6-18(22(26,27)28)14-10-15(23)12-16(24)11-14/h3-6,9-12,18H,2,7-8H2,1H3,(H,30,32)(H2,29,31,33)/b6-4+. The number of hydrogen-bond acceptors (Lipinski definition) is 2. The minimum absolute atomic E-state index is 0.109. The van der Waals surface area contributed by atoms with Crippen molar-refractivity contribution in [1.29, 1.82) is 0 Å². The average Bonchev–Trinajstić information content (AvgIpc) is 2.70. The Kier molecular flexibility index (Phi) is 10.8. The molecule has 2 aromatic rings. The van der Waals surface area contributed by atoms with E-state index in [1.165, 1.54) is 18.2 Å². The molecule has 1 amide bonds. The lowest BCUT2D eigenvalue weighted by atomic mass is 9.97. The molecule has 0 heterocycles. The normalized spacial score (nSPS) is 12.5. The third-order valence-corrected chi connectivity index (χ3v) is 6.21. The summed E-state index contributed by atoms with van der Waals surface area (Å²) in [5.74, 6) is -2.09. The van der Waals surface area contributed by atoms with E-state index in [4.69, 9.17) is 12.2 Å². The molecule has 1 unspecified atom stereocenters. The lowest BCUT2D eigenvalue weighted by Gasteiger charge is -2.18. The number of carbonyl (C=O) groups excluding carboxylic acids is 1. The number of thiocarbonyl (C=S) groups is 1. The van der Waals surface area contributed by atoms with Gasteiger partial charge in [-0.25, -0.2) is 0 Å². The summed E-state index contributed by atoms with van der Waals surface area (Å²) in [6.45, 7) is 3.44. The van der Waals surface area contributed by atoms with Gasteiger partial charge in [0, 0.05) is 33.1 Å². The molecule has 0 aliphatic carbocycles. The van der Waals surface area contributed by atoms with Gasteiger partial charge in [0.05, 0.1) is 11.5 Å². The smallest absolute Gasteiger partial charge is 0.363 e. The maximum atomic E-state index is 13.7. The van der Waals surface area contributed by atoms with Crippen LogP contribution in [-0.4, -0.2) is 36.8 Å². The summed E-state index contributed by atoms with van der Waals surface area (Å²) in [6, 6.07) is 9.32. The predicted molar refractivity (Wildman–Crippen MR) is 140 cm³/mol. The lowest BCUT2D eigenvalue weighted by Crippen LogP contribution is -2.40. The number of amides is 1. The molecule has 0 saturated carbocycles. The van der Waals surface area contributed by atoms with Gasteiger partial charge in [0.2, 0.25) is 0 Å². The molecule has 0 bridgehead atoms. The van der Waals surface area contributed by atoms with Gasteiger partial charge in [0.25, 0.3) is 5.91 Å². The second-order valence-corrected chi connectivity index (χ2v) is 9.96. The molecule has 11 heteroatoms. The summed E-state index contributed by atoms with van der Waals surface area (Å²) >= 11 is 14.8. The van der Waals surface area contributed by atoms with Crippen LogP contribution in [0.5, 0.6) is 0 Å². The fraction of sp³-hybridized carbons (Fsp3) is 0.273. The van der Waals surface area contributed by atoms with E-state index in [2.05, 4.69) is 63.7 Å². The Hall–Kier alpha value is -1.43. The molecule has 2 rings (SSSR count). The van der Waals surface area contributed by atoms with Gasteiger partial charge in [-0.1, -0.05) is 50.1 Å². The quantitative estimate of drug-likeness (QED) is 0.220. The number of rotatable bonds is 8. The second kappa shape index (κ2) is 12.9. The maximum absolute atomic E-state index is 13.7. The molecule has 0 radical (unpaired) electrons. The third-order valence-electron chi connectivity index (χ3n) is 4.35. The van der Waals surface area contributed by atoms with Crippen LogP contribution in [0.3, 0.4) is 0 Å². The lowest BCUT2D eigenvalue weighted by molar-refractivity contribution is -0.139. The highest BCUT2D eigenvalue weighted by Crippen LogP contribution is 2.38. The molecular weight excluding hydrogens is 651 g/mol. The van der Waals surface area contributed by atoms with Crippen LogP contribution in [0.2, 0.25) is 0 Å². The van der Waals surface area contributed by atoms with Crippen LogP contribution in [0.4, 0.5) is 13.2 Å². The van der Waals surface area contributed by atoms with Gasteiger partial charge in [-0.3, -0.25) is 4.79 Å². The third kappa shape index (κ3) is 9.03. The Morgan fingerprint density at radius 1 is 1.03 bits per heavy atom. The first-order chi connectivity index (χ1) is 15.5. The first-order valence-corrected chi connectivity index (χ1v) is 12.6. The number of alkyl halides is 3. The molecule has 0 aromatic heterocycles. The number of allylic oxidation sites excluding steroid dienone is 1. The monoisotopic (exact) mass is 669 g/mol. The Morgan fingerprint density at radius 3 is 2.24 bits per heavy atom. The largest absolute Gasteiger partial charge is 0.399 e. The molecule has 1 atom stereocenters. The number of carbonyl (C=O) groups is 1. The summed E-state index contributed by atoms with van der Waals surface area (Å²) in [4.78, 5) is 12.4. The SMILES string of the molecule is CCNC(=S)NCCNC(=O)c1ccc(/C=C/C(c2cc(Br)cc(Br)c2)C(F)(F)F)cc1Br. The molecule has 4 nitrogen and oxygen atoms in total. The van der Waals surface area contributed by atoms with Gasteiger partial charge in [-0.15, -0.1) is 0 Å². The fourth-order valence-electron chi connectivity index (χ4n) is 2.86. The highest BCUT2D eigenvalue weighted by molar-refractivity contribution is 9.11. The zero-order chi connectivity index (χ0) is 24.6. The number of hydrogen-bond donors (Lipinski definition) is 3. The zero-order valence-corrected chi connectivity index (χ0v) is 23.0. The summed E-state index contributed by atoms with van der Waals surface area (Å²) < 4.78 is 42.7. The Bertz CT molecular complexity index is 1010. The van der Waals surface area contributed by atoms with Gasteiger partial charge in [-0.2, -0.15) is 13.2 Å². The summed E-state index contributed by atoms with van der Waals surface area (Å²) in [5, 5.41) is 9.18. The molecule has 0 saturated heterocycles. The van der Waals surface area contributed by atoms with E-state index in [0.717, 1.165) is 6.08 Å². The first kappa shape index (κ1) is 27.8. The van der Waals surface area contributed by atoms with Crippen LogP contribution in [0, 0.1) is 0 Å². The van der Waals surface area contributed by atoms with Crippen LogP contribution < -0.4 is 16.0 Å². The number of halogens is 6. The van der Waals surface area contributed by atoms with E-state index < -0.39 is 12.1 Å². The van der Waals surface area contributed by atoms with Crippen LogP contribution in [-0.2, 0) is 0 Å². The summed E-state index contributed by atoms with van der Waals surface area (Å²) in [7, 11) is 0. The molecule has 0 fully saturated rings. The van der Waals surface area contributed by atoms with E-state index in [9.17, 15) is 18.0 Å². The van der Waals surface area contributed by atoms with Crippen molar-refractivity contribution >= 4 is 77.1 Å². The average molecular weight is 672 g/mol. The highest BCUT2D eigenvalue weighted by Gasteiger charge is 2.39. The van der Waals surface area contributed by atoms with Crippen LogP contribution in [0.15, 0.2) is 55.9 Å². The predicted octanol–water partition coefficient (Wildman–Crippen LogP) is 6.55. The van der Waals surface area contributed by atoms with Gasteiger partial charge in [0.1, 0.15) is 0 Å². The van der Waals surface area contributed by atoms with E-state index in [0.29, 0.717) is 49.3 Å². The number of nitrogens with one attached hydrogen (secondary N) is 3. The molecule has 0 aliphatic rings. The Morgan fingerprint density at radius 2 is 1.67 bits per heavy atom. The number of benzene rings is 2. The Balaban J connectivity index is 2.09. The van der Waals surface area contributed by atoms with Crippen molar-refractivity contribution < 1.29 is 18.0 Å². The zero-order valence-electron chi connectivity index (χ0n) is 17.4. The summed E-state index contributed by atoms with van der Waals surface area (Å²) in [5.41, 5.74) is 1.02. The fourth-order valence-corrected chi connectivity index (χ4v) is 5.01. The molecule has 0 aliphatic heterocycles. The van der Waals surface area contributed by atoms with Crippen molar-refractivity contribution in [2.24, 2.45) is 0 Å². The van der Waals surface area contributed by atoms with Crippen LogP contribution in [0.1, 0.15) is 34.3 Å². The van der Waals surface area contributed by atoms with Gasteiger partial charge in [-0.05, 0) is 76.5 Å². The van der Waals surface area contributed by atoms with E-state index in [1.807, 2.05) is 6.92 Å². The van der Waals surface area contributed by atoms with Crippen molar-refractivity contribution in [1.82, 2.24) is 16.0 Å². The Labute approximate surface area is 221 Å². The van der Waals surface area contributed by atoms with Gasteiger partial charge in [0.15, 0.2) is 5.11 Å². The molecular formula is C22H21Br3F3N3OS. The van der Waals surface area contributed by atoms with Crippen molar-refractivity contribution in [3.8, 4) is 0 Å². The van der Waals surface area contributed by atoms with Crippen molar-refractivity contribution in [2.45, 2.75) is 19.0 Å². The molecule has 3 N–H and O–H groups in total. The van der Waals surface area contributed by atoms with Crippen molar-refractivity contribution in [3.05, 3.63) is 72.6 Å². The second-order valence-electron chi connectivity index (χ2n) is 6.86. The molecule has 2 aromatic carbocycles. The van der Waals surface area contributed by atoms with E-state index in [-0.39, 0.29) is 11.5 Å². The van der Waals surface area contributed by atoms with Gasteiger partial charge >= 0.3 is 6.18 Å². The minimum atomic E-state index is -4.46. The molecule has 178 valence electrons. The van der Waals surface area contributed by atoms with Gasteiger partial charge < -0.3 is 16.0 Å². The van der Waals surface area contributed by atoms with Crippen molar-refractivity contribution in [3.63, 3.8) is 0 Å². The van der Waals surface area contributed by atoms with E-state index in [1.54, 1.807) is 24.3 Å². The molecule has 33 heavy (non-hydrogen) atoms. The summed E-state index contributed by atoms with van der Waals surface area (Å²) in [6.07, 6.45) is -1.96. The minimum Gasteiger partial charge on any atom is -0.363 e. The van der Waals surface area contributed by atoms with Crippen LogP contribution >= 0.6 is 60.0 Å². The van der Waals surface area contributed by atoms with Crippen LogP contribution in [0.25, 0.3) is 6.08 Å².